The van der Waals surface area contributed by atoms with Crippen molar-refractivity contribution in [1.29, 1.82) is 0 Å². The van der Waals surface area contributed by atoms with Gasteiger partial charge in [-0.05, 0) is 52.4 Å². The Balaban J connectivity index is 2.22. The average Bonchev–Trinajstić information content (AvgIpc) is 3.19. The summed E-state index contributed by atoms with van der Waals surface area (Å²) < 4.78 is 32.5. The van der Waals surface area contributed by atoms with Gasteiger partial charge in [-0.2, -0.15) is 0 Å². The fourth-order valence-corrected chi connectivity index (χ4v) is 5.46. The molecule has 12 nitrogen and oxygen atoms in total. The molecule has 0 saturated heterocycles. The third-order valence-electron chi connectivity index (χ3n) is 5.24. The molecule has 0 fully saturated rings. The number of hydrogen-bond donors (Lipinski definition) is 2. The van der Waals surface area contributed by atoms with Crippen molar-refractivity contribution >= 4 is 36.2 Å². The van der Waals surface area contributed by atoms with E-state index in [1.165, 1.54) is 6.33 Å². The molecule has 0 spiro atoms. The maximum Gasteiger partial charge on any atom is 0.365 e. The van der Waals surface area contributed by atoms with Crippen molar-refractivity contribution in [3.8, 4) is 0 Å². The smallest absolute Gasteiger partial charge is 0.365 e. The molecule has 3 N–H and O–H groups in total. The second-order valence-corrected chi connectivity index (χ2v) is 12.5. The van der Waals surface area contributed by atoms with Crippen molar-refractivity contribution < 1.29 is 23.5 Å². The standard InChI is InChI=1S/C24H42N7O5P/c1-9-34-23(32)24(7,8)30-37(33,36-29-19(10-16(2)3)11-17(4)5)15-35-18(6)12-31-14-28-20-21(25)26-13-27-22(20)31/h13-14,16-18H,9-12,15H2,1-8H3,(H,30,33)(H2,25,26,27)/t18-,37+/m0/s1. The summed E-state index contributed by atoms with van der Waals surface area (Å²) in [6.45, 7) is 15.6. The lowest BCUT2D eigenvalue weighted by Crippen LogP contribution is -2.46. The number of ether oxygens (including phenoxy) is 2. The second-order valence-electron chi connectivity index (χ2n) is 10.5. The fourth-order valence-electron chi connectivity index (χ4n) is 3.67. The van der Waals surface area contributed by atoms with Gasteiger partial charge < -0.3 is 24.4 Å². The van der Waals surface area contributed by atoms with Crippen LogP contribution in [-0.4, -0.2) is 55.8 Å². The highest BCUT2D eigenvalue weighted by molar-refractivity contribution is 7.56. The van der Waals surface area contributed by atoms with Gasteiger partial charge in [0.15, 0.2) is 11.5 Å². The molecule has 37 heavy (non-hydrogen) atoms. The molecule has 2 aromatic heterocycles. The van der Waals surface area contributed by atoms with Crippen molar-refractivity contribution in [3.05, 3.63) is 12.7 Å². The van der Waals surface area contributed by atoms with Crippen molar-refractivity contribution in [1.82, 2.24) is 24.6 Å². The first-order valence-electron chi connectivity index (χ1n) is 12.6. The van der Waals surface area contributed by atoms with Crippen LogP contribution in [-0.2, 0) is 30.0 Å². The lowest BCUT2D eigenvalue weighted by Gasteiger charge is -2.29. The number of nitrogens with zero attached hydrogens (tertiary/aromatic N) is 5. The second kappa shape index (κ2) is 13.3. The van der Waals surface area contributed by atoms with Crippen LogP contribution in [0.3, 0.4) is 0 Å². The number of imidazole rings is 1. The van der Waals surface area contributed by atoms with Crippen LogP contribution in [0.15, 0.2) is 17.8 Å². The van der Waals surface area contributed by atoms with Gasteiger partial charge in [-0.3, -0.25) is 9.36 Å². The summed E-state index contributed by atoms with van der Waals surface area (Å²) >= 11 is 0. The highest BCUT2D eigenvalue weighted by Crippen LogP contribution is 2.46. The van der Waals surface area contributed by atoms with Crippen LogP contribution in [0.5, 0.6) is 0 Å². The zero-order valence-corrected chi connectivity index (χ0v) is 24.1. The van der Waals surface area contributed by atoms with Gasteiger partial charge in [0, 0.05) is 0 Å². The van der Waals surface area contributed by atoms with Crippen molar-refractivity contribution in [2.24, 2.45) is 17.0 Å². The first-order valence-corrected chi connectivity index (χ1v) is 14.4. The zero-order valence-electron chi connectivity index (χ0n) is 23.2. The summed E-state index contributed by atoms with van der Waals surface area (Å²) in [7, 11) is -3.79. The first kappa shape index (κ1) is 30.7. The summed E-state index contributed by atoms with van der Waals surface area (Å²) in [5, 5.41) is 7.12. The predicted molar refractivity (Wildman–Crippen MR) is 144 cm³/mol. The number of nitrogens with one attached hydrogen (secondary N) is 1. The molecule has 0 aromatic carbocycles. The number of carbonyl (C=O) groups is 1. The lowest BCUT2D eigenvalue weighted by atomic mass is 9.99. The highest BCUT2D eigenvalue weighted by Gasteiger charge is 2.39. The van der Waals surface area contributed by atoms with Crippen LogP contribution in [0.2, 0.25) is 0 Å². The molecule has 13 heteroatoms. The number of esters is 1. The number of nitrogen functional groups attached to an aromatic ring is 1. The molecule has 2 atom stereocenters. The molecule has 2 aromatic rings. The number of rotatable bonds is 15. The normalized spacial score (nSPS) is 14.5. The Kier molecular flexibility index (Phi) is 11.0. The molecule has 0 aliphatic heterocycles. The Morgan fingerprint density at radius 2 is 1.81 bits per heavy atom. The van der Waals surface area contributed by atoms with Crippen LogP contribution < -0.4 is 10.8 Å². The van der Waals surface area contributed by atoms with Crippen LogP contribution in [0.1, 0.15) is 68.2 Å². The summed E-state index contributed by atoms with van der Waals surface area (Å²) in [5.74, 6) is 0.437. The van der Waals surface area contributed by atoms with Crippen LogP contribution >= 0.6 is 7.52 Å². The average molecular weight is 540 g/mol. The molecule has 0 amide bonds. The quantitative estimate of drug-likeness (QED) is 0.144. The minimum atomic E-state index is -3.79. The first-order chi connectivity index (χ1) is 17.3. The maximum atomic E-state index is 13.9. The van der Waals surface area contributed by atoms with E-state index in [0.29, 0.717) is 42.4 Å². The Morgan fingerprint density at radius 1 is 1.16 bits per heavy atom. The van der Waals surface area contributed by atoms with E-state index in [1.54, 1.807) is 31.7 Å². The van der Waals surface area contributed by atoms with Crippen LogP contribution in [0.25, 0.3) is 11.2 Å². The topological polar surface area (TPSA) is 156 Å². The number of fused-ring (bicyclic) bond motifs is 1. The highest BCUT2D eigenvalue weighted by atomic mass is 31.2. The third kappa shape index (κ3) is 9.36. The van der Waals surface area contributed by atoms with E-state index < -0.39 is 25.1 Å². The number of hydrogen-bond acceptors (Lipinski definition) is 10. The largest absolute Gasteiger partial charge is 0.465 e. The molecule has 0 unspecified atom stereocenters. The molecular formula is C24H42N7O5P. The lowest BCUT2D eigenvalue weighted by molar-refractivity contribution is -0.149. The van der Waals surface area contributed by atoms with Crippen LogP contribution in [0.4, 0.5) is 5.82 Å². The van der Waals surface area contributed by atoms with E-state index in [1.807, 2.05) is 6.92 Å². The Morgan fingerprint density at radius 3 is 2.41 bits per heavy atom. The maximum absolute atomic E-state index is 13.9. The molecule has 0 aliphatic rings. The van der Waals surface area contributed by atoms with Gasteiger partial charge in [0.1, 0.15) is 23.7 Å². The van der Waals surface area contributed by atoms with Crippen LogP contribution in [0, 0.1) is 11.8 Å². The van der Waals surface area contributed by atoms with E-state index in [0.717, 1.165) is 5.71 Å². The minimum Gasteiger partial charge on any atom is -0.465 e. The SMILES string of the molecule is CCOC(=O)C(C)(C)N[P@@](=O)(CO[C@@H](C)Cn1cnc2c(N)ncnc21)ON=C(CC(C)C)CC(C)C. The van der Waals surface area contributed by atoms with Crippen molar-refractivity contribution in [3.63, 3.8) is 0 Å². The van der Waals surface area contributed by atoms with Gasteiger partial charge in [-0.15, -0.1) is 0 Å². The zero-order chi connectivity index (χ0) is 27.8. The number of oxime groups is 1. The third-order valence-corrected chi connectivity index (χ3v) is 6.97. The van der Waals surface area contributed by atoms with Gasteiger partial charge in [-0.25, -0.2) is 20.0 Å². The summed E-state index contributed by atoms with van der Waals surface area (Å²) in [5.41, 5.74) is 6.45. The Bertz CT molecular complexity index is 1100. The number of aromatic nitrogens is 4. The fraction of sp³-hybridized carbons (Fsp3) is 0.708. The number of anilines is 1. The Labute approximate surface area is 219 Å². The van der Waals surface area contributed by atoms with Gasteiger partial charge in [-0.1, -0.05) is 32.9 Å². The van der Waals surface area contributed by atoms with Crippen molar-refractivity contribution in [2.45, 2.75) is 86.4 Å². The van der Waals surface area contributed by atoms with E-state index in [4.69, 9.17) is 19.8 Å². The summed E-state index contributed by atoms with van der Waals surface area (Å²) in [6.07, 6.45) is 3.65. The molecule has 0 saturated carbocycles. The Hall–Kier alpha value is -2.56. The monoisotopic (exact) mass is 539 g/mol. The van der Waals surface area contributed by atoms with E-state index >= 15 is 0 Å². The molecule has 208 valence electrons. The van der Waals surface area contributed by atoms with E-state index in [-0.39, 0.29) is 18.8 Å². The number of nitrogens with two attached hydrogens (primary N) is 1. The summed E-state index contributed by atoms with van der Waals surface area (Å²) in [4.78, 5) is 24.9. The van der Waals surface area contributed by atoms with Gasteiger partial charge >= 0.3 is 13.5 Å². The van der Waals surface area contributed by atoms with Gasteiger partial charge in [0.2, 0.25) is 0 Å². The molecule has 2 heterocycles. The summed E-state index contributed by atoms with van der Waals surface area (Å²) in [6, 6.07) is 0. The minimum absolute atomic E-state index is 0.195. The molecule has 0 aliphatic carbocycles. The van der Waals surface area contributed by atoms with E-state index in [9.17, 15) is 9.36 Å². The van der Waals surface area contributed by atoms with Gasteiger partial charge in [0.25, 0.3) is 0 Å². The van der Waals surface area contributed by atoms with E-state index in [2.05, 4.69) is 52.9 Å². The molecule has 0 radical (unpaired) electrons. The van der Waals surface area contributed by atoms with Crippen molar-refractivity contribution in [2.75, 3.05) is 18.7 Å². The molecule has 2 rings (SSSR count). The molecular weight excluding hydrogens is 497 g/mol. The van der Waals surface area contributed by atoms with Gasteiger partial charge in [0.05, 0.1) is 31.3 Å². The predicted octanol–water partition coefficient (Wildman–Crippen LogP) is 4.36. The number of carbonyl (C=O) groups excluding carboxylic acids is 1. The molecule has 0 bridgehead atoms.